The van der Waals surface area contributed by atoms with Crippen LogP contribution in [0.3, 0.4) is 0 Å². The maximum atomic E-state index is 10.8. The molecule has 2 amide bonds. The van der Waals surface area contributed by atoms with Gasteiger partial charge in [-0.2, -0.15) is 0 Å². The number of carbonyl (C=O) groups is 1. The van der Waals surface area contributed by atoms with Crippen molar-refractivity contribution in [3.63, 3.8) is 0 Å². The monoisotopic (exact) mass is 212 g/mol. The smallest absolute Gasteiger partial charge is 0.414 e. The minimum atomic E-state index is -0.245. The van der Waals surface area contributed by atoms with E-state index >= 15 is 0 Å². The number of rotatable bonds is 3. The number of aromatic nitrogens is 1. The molecular formula is C9H14N3O3+. The molecule has 0 aliphatic carbocycles. The van der Waals surface area contributed by atoms with E-state index in [0.717, 1.165) is 5.56 Å². The first-order valence-corrected chi connectivity index (χ1v) is 4.52. The Kier molecular flexibility index (Phi) is 3.73. The van der Waals surface area contributed by atoms with Gasteiger partial charge >= 0.3 is 11.9 Å². The standard InChI is InChI=1S/C9H13N3O3/c1-10-9(14)11-5-4-7-2-3-8(13)12(15)6-7/h2-3,6,15H,4-5H2,1H3,(H2,10,11,14)/p+1. The molecule has 0 saturated carbocycles. The van der Waals surface area contributed by atoms with Gasteiger partial charge in [0.1, 0.15) is 0 Å². The molecule has 0 unspecified atom stereocenters. The molecule has 0 spiro atoms. The van der Waals surface area contributed by atoms with Gasteiger partial charge in [-0.05, 0) is 12.5 Å². The van der Waals surface area contributed by atoms with Crippen LogP contribution in [0, 0.1) is 0 Å². The van der Waals surface area contributed by atoms with Gasteiger partial charge in [-0.1, -0.05) is 0 Å². The summed E-state index contributed by atoms with van der Waals surface area (Å²) < 4.78 is 0.634. The molecule has 0 aliphatic rings. The molecule has 0 atom stereocenters. The summed E-state index contributed by atoms with van der Waals surface area (Å²) in [6.07, 6.45) is 1.97. The molecular weight excluding hydrogens is 198 g/mol. The fraction of sp³-hybridized carbons (Fsp3) is 0.333. The average molecular weight is 212 g/mol. The Hall–Kier alpha value is -1.98. The number of aromatic hydroxyl groups is 1. The van der Waals surface area contributed by atoms with E-state index in [9.17, 15) is 4.79 Å². The first-order chi connectivity index (χ1) is 7.13. The highest BCUT2D eigenvalue weighted by molar-refractivity contribution is 5.73. The van der Waals surface area contributed by atoms with Crippen LogP contribution in [0.2, 0.25) is 0 Å². The number of urea groups is 1. The Balaban J connectivity index is 2.44. The molecule has 6 heteroatoms. The predicted molar refractivity (Wildman–Crippen MR) is 51.6 cm³/mol. The highest BCUT2D eigenvalue weighted by Gasteiger charge is 2.08. The van der Waals surface area contributed by atoms with Crippen molar-refractivity contribution in [2.24, 2.45) is 0 Å². The Bertz CT molecular complexity index is 354. The number of nitrogens with zero attached hydrogens (tertiary/aromatic N) is 1. The first-order valence-electron chi connectivity index (χ1n) is 4.52. The van der Waals surface area contributed by atoms with Gasteiger partial charge in [-0.25, -0.2) is 4.79 Å². The van der Waals surface area contributed by atoms with Crippen LogP contribution in [-0.2, 0) is 6.42 Å². The largest absolute Gasteiger partial charge is 0.457 e. The zero-order valence-corrected chi connectivity index (χ0v) is 8.40. The third kappa shape index (κ3) is 3.34. The van der Waals surface area contributed by atoms with Gasteiger partial charge in [0.2, 0.25) is 6.20 Å². The lowest BCUT2D eigenvalue weighted by atomic mass is 10.2. The molecule has 1 aromatic heterocycles. The molecule has 6 nitrogen and oxygen atoms in total. The minimum absolute atomic E-state index is 0.224. The summed E-state index contributed by atoms with van der Waals surface area (Å²) >= 11 is 0. The van der Waals surface area contributed by atoms with E-state index in [1.54, 1.807) is 6.07 Å². The fourth-order valence-electron chi connectivity index (χ4n) is 1.08. The summed E-state index contributed by atoms with van der Waals surface area (Å²) in [6, 6.07) is 2.81. The number of amides is 2. The number of hydrogen-bond donors (Lipinski definition) is 4. The topological polar surface area (TPSA) is 85.5 Å². The summed E-state index contributed by atoms with van der Waals surface area (Å²) in [4.78, 5) is 10.8. The van der Waals surface area contributed by atoms with Crippen LogP contribution < -0.4 is 15.4 Å². The van der Waals surface area contributed by atoms with E-state index in [-0.39, 0.29) is 11.9 Å². The van der Waals surface area contributed by atoms with Crippen LogP contribution in [0.1, 0.15) is 5.56 Å². The van der Waals surface area contributed by atoms with Crippen LogP contribution >= 0.6 is 0 Å². The van der Waals surface area contributed by atoms with Crippen molar-refractivity contribution in [1.82, 2.24) is 10.6 Å². The zero-order chi connectivity index (χ0) is 11.3. The van der Waals surface area contributed by atoms with Crippen LogP contribution in [0.4, 0.5) is 4.79 Å². The third-order valence-corrected chi connectivity index (χ3v) is 1.90. The molecule has 1 rings (SSSR count). The third-order valence-electron chi connectivity index (χ3n) is 1.90. The number of carbonyl (C=O) groups excluding carboxylic acids is 1. The van der Waals surface area contributed by atoms with E-state index in [4.69, 9.17) is 10.3 Å². The van der Waals surface area contributed by atoms with Crippen molar-refractivity contribution >= 4 is 6.03 Å². The molecule has 1 aromatic rings. The number of hydrogen-bond acceptors (Lipinski definition) is 3. The maximum absolute atomic E-state index is 10.8. The second-order valence-corrected chi connectivity index (χ2v) is 3.00. The lowest BCUT2D eigenvalue weighted by Gasteiger charge is -2.02. The first kappa shape index (κ1) is 11.1. The molecule has 82 valence electrons. The van der Waals surface area contributed by atoms with Crippen LogP contribution in [0.15, 0.2) is 18.3 Å². The van der Waals surface area contributed by atoms with E-state index in [0.29, 0.717) is 17.7 Å². The summed E-state index contributed by atoms with van der Waals surface area (Å²) in [6.45, 7) is 0.463. The highest BCUT2D eigenvalue weighted by atomic mass is 16.5. The molecule has 1 heterocycles. The van der Waals surface area contributed by atoms with Crippen molar-refractivity contribution in [2.45, 2.75) is 6.42 Å². The second-order valence-electron chi connectivity index (χ2n) is 3.00. The predicted octanol–water partition coefficient (Wildman–Crippen LogP) is -0.612. The van der Waals surface area contributed by atoms with E-state index < -0.39 is 0 Å². The summed E-state index contributed by atoms with van der Waals surface area (Å²) in [5.74, 6) is -0.224. The summed E-state index contributed by atoms with van der Waals surface area (Å²) in [5, 5.41) is 23.2. The lowest BCUT2D eigenvalue weighted by Crippen LogP contribution is -2.34. The Morgan fingerprint density at radius 3 is 2.87 bits per heavy atom. The van der Waals surface area contributed by atoms with E-state index in [2.05, 4.69) is 10.6 Å². The van der Waals surface area contributed by atoms with Gasteiger partial charge in [0.05, 0.1) is 6.07 Å². The fourth-order valence-corrected chi connectivity index (χ4v) is 1.08. The molecule has 0 bridgehead atoms. The normalized spacial score (nSPS) is 9.67. The molecule has 0 saturated heterocycles. The SMILES string of the molecule is CNC(=O)NCCc1ccc(O)[n+](O)c1. The van der Waals surface area contributed by atoms with Crippen LogP contribution in [0.25, 0.3) is 0 Å². The molecule has 0 aromatic carbocycles. The molecule has 4 N–H and O–H groups in total. The van der Waals surface area contributed by atoms with Crippen LogP contribution in [0.5, 0.6) is 5.88 Å². The van der Waals surface area contributed by atoms with Crippen molar-refractivity contribution in [1.29, 1.82) is 0 Å². The maximum Gasteiger partial charge on any atom is 0.414 e. The number of nitrogens with one attached hydrogen (secondary N) is 2. The van der Waals surface area contributed by atoms with Gasteiger partial charge in [0.25, 0.3) is 0 Å². The van der Waals surface area contributed by atoms with E-state index in [1.807, 2.05) is 0 Å². The van der Waals surface area contributed by atoms with E-state index in [1.165, 1.54) is 19.3 Å². The van der Waals surface area contributed by atoms with Gasteiger partial charge in [-0.15, -0.1) is 0 Å². The average Bonchev–Trinajstić information content (AvgIpc) is 2.23. The lowest BCUT2D eigenvalue weighted by molar-refractivity contribution is -0.907. The Morgan fingerprint density at radius 1 is 1.53 bits per heavy atom. The van der Waals surface area contributed by atoms with Gasteiger partial charge in [-0.3, -0.25) is 5.21 Å². The van der Waals surface area contributed by atoms with Crippen LogP contribution in [-0.4, -0.2) is 29.9 Å². The van der Waals surface area contributed by atoms with Gasteiger partial charge in [0.15, 0.2) is 0 Å². The van der Waals surface area contributed by atoms with Gasteiger partial charge < -0.3 is 15.7 Å². The Morgan fingerprint density at radius 2 is 2.27 bits per heavy atom. The van der Waals surface area contributed by atoms with Crippen molar-refractivity contribution in [2.75, 3.05) is 13.6 Å². The molecule has 0 radical (unpaired) electrons. The van der Waals surface area contributed by atoms with Gasteiger partial charge in [0, 0.05) is 23.9 Å². The van der Waals surface area contributed by atoms with Crippen molar-refractivity contribution in [3.8, 4) is 5.88 Å². The zero-order valence-electron chi connectivity index (χ0n) is 8.40. The highest BCUT2D eigenvalue weighted by Crippen LogP contribution is 2.02. The van der Waals surface area contributed by atoms with Crippen molar-refractivity contribution < 1.29 is 19.8 Å². The molecule has 0 fully saturated rings. The number of pyridine rings is 1. The summed E-state index contributed by atoms with van der Waals surface area (Å²) in [7, 11) is 1.54. The second kappa shape index (κ2) is 5.04. The summed E-state index contributed by atoms with van der Waals surface area (Å²) in [5.41, 5.74) is 0.812. The molecule has 0 aliphatic heterocycles. The molecule has 15 heavy (non-hydrogen) atoms. The minimum Gasteiger partial charge on any atom is -0.457 e. The quantitative estimate of drug-likeness (QED) is 0.398. The Labute approximate surface area is 87.1 Å². The van der Waals surface area contributed by atoms with Crippen molar-refractivity contribution in [3.05, 3.63) is 23.9 Å².